The number of amides is 2. The maximum absolute atomic E-state index is 10.5. The van der Waals surface area contributed by atoms with Crippen molar-refractivity contribution in [3.05, 3.63) is 24.3 Å². The molecule has 0 saturated heterocycles. The molecule has 2 atom stereocenters. The second kappa shape index (κ2) is 9.38. The van der Waals surface area contributed by atoms with Crippen molar-refractivity contribution in [2.75, 3.05) is 13.2 Å². The van der Waals surface area contributed by atoms with E-state index in [4.69, 9.17) is 20.9 Å². The highest BCUT2D eigenvalue weighted by Crippen LogP contribution is 1.96. The Hall–Kier alpha value is -1.66. The number of carbonyl (C=O) groups is 2. The van der Waals surface area contributed by atoms with Crippen LogP contribution < -0.4 is 11.5 Å². The van der Waals surface area contributed by atoms with Crippen LogP contribution in [0.5, 0.6) is 0 Å². The summed E-state index contributed by atoms with van der Waals surface area (Å²) in [6.45, 7) is 4.32. The Morgan fingerprint density at radius 1 is 0.944 bits per heavy atom. The summed E-state index contributed by atoms with van der Waals surface area (Å²) >= 11 is 0. The Bertz CT molecular complexity index is 294. The van der Waals surface area contributed by atoms with Gasteiger partial charge in [-0.3, -0.25) is 9.59 Å². The molecule has 2 unspecified atom stereocenters. The first kappa shape index (κ1) is 16.3. The normalized spacial score (nSPS) is 15.0. The predicted octanol–water partition coefficient (Wildman–Crippen LogP) is -0.120. The number of carbonyl (C=O) groups excluding carboxylic acids is 2. The Kier molecular flexibility index (Phi) is 8.51. The maximum atomic E-state index is 10.5. The van der Waals surface area contributed by atoms with Crippen LogP contribution in [0.1, 0.15) is 13.8 Å². The largest absolute Gasteiger partial charge is 0.372 e. The number of hydrogen-bond donors (Lipinski definition) is 2. The first-order chi connectivity index (χ1) is 8.41. The number of primary amides is 2. The van der Waals surface area contributed by atoms with E-state index >= 15 is 0 Å². The van der Waals surface area contributed by atoms with Crippen LogP contribution in [-0.4, -0.2) is 37.2 Å². The van der Waals surface area contributed by atoms with Gasteiger partial charge in [-0.05, 0) is 13.8 Å². The van der Waals surface area contributed by atoms with Gasteiger partial charge in [0.1, 0.15) is 0 Å². The van der Waals surface area contributed by atoms with Crippen LogP contribution in [0.3, 0.4) is 0 Å². The first-order valence-electron chi connectivity index (χ1n) is 5.60. The second-order valence-corrected chi connectivity index (χ2v) is 3.67. The molecule has 0 saturated carbocycles. The minimum absolute atomic E-state index is 0.211. The number of hydrogen-bond acceptors (Lipinski definition) is 4. The fourth-order valence-electron chi connectivity index (χ4n) is 1.04. The molecule has 102 valence electrons. The highest BCUT2D eigenvalue weighted by molar-refractivity contribution is 5.86. The minimum Gasteiger partial charge on any atom is -0.372 e. The molecule has 0 rings (SSSR count). The fourth-order valence-corrected chi connectivity index (χ4v) is 1.04. The molecule has 0 fully saturated rings. The third-order valence-corrected chi connectivity index (χ3v) is 1.91. The van der Waals surface area contributed by atoms with Gasteiger partial charge in [0.15, 0.2) is 0 Å². The van der Waals surface area contributed by atoms with Crippen molar-refractivity contribution in [2.24, 2.45) is 11.5 Å². The molecule has 6 heteroatoms. The molecule has 0 spiro atoms. The van der Waals surface area contributed by atoms with Crippen molar-refractivity contribution in [3.8, 4) is 0 Å². The van der Waals surface area contributed by atoms with Crippen LogP contribution in [0, 0.1) is 0 Å². The minimum atomic E-state index is -0.507. The van der Waals surface area contributed by atoms with E-state index in [0.717, 1.165) is 0 Å². The molecule has 0 aromatic heterocycles. The van der Waals surface area contributed by atoms with Crippen LogP contribution in [0.2, 0.25) is 0 Å². The molecule has 0 aliphatic carbocycles. The zero-order valence-corrected chi connectivity index (χ0v) is 10.7. The summed E-state index contributed by atoms with van der Waals surface area (Å²) in [5.41, 5.74) is 9.88. The zero-order chi connectivity index (χ0) is 14.0. The number of nitrogens with two attached hydrogens (primary N) is 2. The van der Waals surface area contributed by atoms with Gasteiger partial charge in [0.25, 0.3) is 0 Å². The van der Waals surface area contributed by atoms with Crippen molar-refractivity contribution >= 4 is 11.8 Å². The maximum Gasteiger partial charge on any atom is 0.241 e. The quantitative estimate of drug-likeness (QED) is 0.443. The molecule has 0 radical (unpaired) electrons. The molecule has 0 aromatic rings. The lowest BCUT2D eigenvalue weighted by Gasteiger charge is -2.11. The standard InChI is InChI=1S/C12H20N2O4/c1-9(3-5-11(13)15)17-7-8-18-10(2)4-6-12(14)16/h3-6,9-10H,7-8H2,1-2H3,(H2,13,15)(H2,14,16). The number of ether oxygens (including phenoxy) is 2. The van der Waals surface area contributed by atoms with Gasteiger partial charge < -0.3 is 20.9 Å². The average Bonchev–Trinajstić information content (AvgIpc) is 2.29. The van der Waals surface area contributed by atoms with Crippen LogP contribution in [0.15, 0.2) is 24.3 Å². The molecule has 0 aliphatic heterocycles. The van der Waals surface area contributed by atoms with Gasteiger partial charge in [0.05, 0.1) is 25.4 Å². The second-order valence-electron chi connectivity index (χ2n) is 3.67. The molecule has 0 aliphatic rings. The molecule has 18 heavy (non-hydrogen) atoms. The van der Waals surface area contributed by atoms with Gasteiger partial charge in [-0.1, -0.05) is 12.2 Å². The SMILES string of the molecule is CC(C=CC(N)=O)OCCOC(C)C=CC(N)=O. The highest BCUT2D eigenvalue weighted by atomic mass is 16.5. The van der Waals surface area contributed by atoms with Gasteiger partial charge in [0, 0.05) is 12.2 Å². The van der Waals surface area contributed by atoms with Gasteiger partial charge in [0.2, 0.25) is 11.8 Å². The summed E-state index contributed by atoms with van der Waals surface area (Å²) in [6, 6.07) is 0. The monoisotopic (exact) mass is 256 g/mol. The molecule has 0 heterocycles. The Balaban J connectivity index is 3.67. The lowest BCUT2D eigenvalue weighted by atomic mass is 10.3. The van der Waals surface area contributed by atoms with Crippen LogP contribution in [0.25, 0.3) is 0 Å². The summed E-state index contributed by atoms with van der Waals surface area (Å²) in [4.78, 5) is 20.9. The van der Waals surface area contributed by atoms with Crippen LogP contribution in [-0.2, 0) is 19.1 Å². The predicted molar refractivity (Wildman–Crippen MR) is 67.5 cm³/mol. The zero-order valence-electron chi connectivity index (χ0n) is 10.7. The van der Waals surface area contributed by atoms with E-state index in [0.29, 0.717) is 13.2 Å². The van der Waals surface area contributed by atoms with E-state index in [-0.39, 0.29) is 12.2 Å². The van der Waals surface area contributed by atoms with Crippen LogP contribution >= 0.6 is 0 Å². The summed E-state index contributed by atoms with van der Waals surface area (Å²) in [6.07, 6.45) is 5.22. The lowest BCUT2D eigenvalue weighted by Crippen LogP contribution is -2.16. The molecule has 2 amide bonds. The fraction of sp³-hybridized carbons (Fsp3) is 0.500. The molecule has 4 N–H and O–H groups in total. The van der Waals surface area contributed by atoms with E-state index < -0.39 is 11.8 Å². The topological polar surface area (TPSA) is 105 Å². The van der Waals surface area contributed by atoms with Crippen molar-refractivity contribution in [3.63, 3.8) is 0 Å². The number of rotatable bonds is 9. The van der Waals surface area contributed by atoms with Gasteiger partial charge in [-0.15, -0.1) is 0 Å². The van der Waals surface area contributed by atoms with Gasteiger partial charge in [-0.25, -0.2) is 0 Å². The van der Waals surface area contributed by atoms with E-state index in [1.165, 1.54) is 12.2 Å². The molecular formula is C12H20N2O4. The Labute approximate surface area is 107 Å². The lowest BCUT2D eigenvalue weighted by molar-refractivity contribution is -0.114. The van der Waals surface area contributed by atoms with Gasteiger partial charge in [-0.2, -0.15) is 0 Å². The first-order valence-corrected chi connectivity index (χ1v) is 5.60. The van der Waals surface area contributed by atoms with E-state index in [1.807, 2.05) is 0 Å². The van der Waals surface area contributed by atoms with Crippen molar-refractivity contribution in [1.29, 1.82) is 0 Å². The molecular weight excluding hydrogens is 236 g/mol. The highest BCUT2D eigenvalue weighted by Gasteiger charge is 2.00. The Morgan fingerprint density at radius 3 is 1.56 bits per heavy atom. The average molecular weight is 256 g/mol. The van der Waals surface area contributed by atoms with E-state index in [9.17, 15) is 9.59 Å². The van der Waals surface area contributed by atoms with Crippen molar-refractivity contribution in [1.82, 2.24) is 0 Å². The Morgan fingerprint density at radius 2 is 1.28 bits per heavy atom. The third kappa shape index (κ3) is 10.8. The summed E-state index contributed by atoms with van der Waals surface area (Å²) in [7, 11) is 0. The summed E-state index contributed by atoms with van der Waals surface area (Å²) in [5, 5.41) is 0. The summed E-state index contributed by atoms with van der Waals surface area (Å²) in [5.74, 6) is -1.01. The van der Waals surface area contributed by atoms with Crippen LogP contribution in [0.4, 0.5) is 0 Å². The smallest absolute Gasteiger partial charge is 0.241 e. The van der Waals surface area contributed by atoms with Crippen molar-refractivity contribution < 1.29 is 19.1 Å². The molecule has 6 nitrogen and oxygen atoms in total. The van der Waals surface area contributed by atoms with E-state index in [1.54, 1.807) is 26.0 Å². The molecule has 0 aromatic carbocycles. The van der Waals surface area contributed by atoms with Crippen molar-refractivity contribution in [2.45, 2.75) is 26.1 Å². The summed E-state index contributed by atoms with van der Waals surface area (Å²) < 4.78 is 10.7. The van der Waals surface area contributed by atoms with E-state index in [2.05, 4.69) is 0 Å². The molecule has 0 bridgehead atoms. The third-order valence-electron chi connectivity index (χ3n) is 1.91. The van der Waals surface area contributed by atoms with Gasteiger partial charge >= 0.3 is 0 Å².